The lowest BCUT2D eigenvalue weighted by Gasteiger charge is -2.04. The van der Waals surface area contributed by atoms with Gasteiger partial charge in [-0.2, -0.15) is 0 Å². The van der Waals surface area contributed by atoms with E-state index in [-0.39, 0.29) is 11.8 Å². The van der Waals surface area contributed by atoms with Crippen LogP contribution in [0.2, 0.25) is 0 Å². The second-order valence-electron chi connectivity index (χ2n) is 3.80. The number of amides is 2. The molecule has 0 rings (SSSR count). The third-order valence-electron chi connectivity index (χ3n) is 2.28. The molecule has 0 aromatic carbocycles. The molecule has 0 saturated heterocycles. The summed E-state index contributed by atoms with van der Waals surface area (Å²) >= 11 is 0. The van der Waals surface area contributed by atoms with Crippen molar-refractivity contribution in [3.63, 3.8) is 0 Å². The molecule has 5 heteroatoms. The molecule has 0 aliphatic heterocycles. The zero-order chi connectivity index (χ0) is 12.9. The Morgan fingerprint density at radius 3 is 2.18 bits per heavy atom. The second-order valence-corrected chi connectivity index (χ2v) is 3.80. The van der Waals surface area contributed by atoms with E-state index in [4.69, 9.17) is 5.73 Å². The fraction of sp³-hybridized carbons (Fsp3) is 0.667. The van der Waals surface area contributed by atoms with Crippen LogP contribution in [0.4, 0.5) is 0 Å². The number of hydrogen-bond donors (Lipinski definition) is 3. The predicted molar refractivity (Wildman–Crippen MR) is 68.4 cm³/mol. The van der Waals surface area contributed by atoms with Crippen molar-refractivity contribution in [1.82, 2.24) is 10.6 Å². The first-order valence-electron chi connectivity index (χ1n) is 6.07. The van der Waals surface area contributed by atoms with Crippen LogP contribution in [0, 0.1) is 0 Å². The first-order chi connectivity index (χ1) is 8.20. The number of unbranched alkanes of at least 4 members (excludes halogenated alkanes) is 3. The van der Waals surface area contributed by atoms with Crippen molar-refractivity contribution in [2.75, 3.05) is 19.6 Å². The van der Waals surface area contributed by atoms with Gasteiger partial charge in [0.15, 0.2) is 0 Å². The van der Waals surface area contributed by atoms with Gasteiger partial charge in [-0.15, -0.1) is 0 Å². The van der Waals surface area contributed by atoms with E-state index < -0.39 is 0 Å². The molecule has 0 heterocycles. The van der Waals surface area contributed by atoms with Gasteiger partial charge in [-0.3, -0.25) is 9.59 Å². The Hall–Kier alpha value is -1.36. The lowest BCUT2D eigenvalue weighted by molar-refractivity contribution is -0.121. The number of nitrogens with one attached hydrogen (secondary N) is 2. The Balaban J connectivity index is 3.16. The van der Waals surface area contributed by atoms with Crippen molar-refractivity contribution in [3.8, 4) is 0 Å². The molecule has 0 aliphatic rings. The molecule has 0 aliphatic carbocycles. The fourth-order valence-corrected chi connectivity index (χ4v) is 1.33. The molecule has 0 aromatic heterocycles. The minimum absolute atomic E-state index is 0.0192. The number of carbonyl (C=O) groups is 2. The van der Waals surface area contributed by atoms with Crippen LogP contribution in [-0.2, 0) is 9.59 Å². The third-order valence-corrected chi connectivity index (χ3v) is 2.28. The normalized spacial score (nSPS) is 9.71. The van der Waals surface area contributed by atoms with Gasteiger partial charge in [-0.1, -0.05) is 19.4 Å². The minimum atomic E-state index is -0.126. The topological polar surface area (TPSA) is 84.2 Å². The Morgan fingerprint density at radius 1 is 1.06 bits per heavy atom. The second kappa shape index (κ2) is 11.1. The quantitative estimate of drug-likeness (QED) is 0.380. The Morgan fingerprint density at radius 2 is 1.65 bits per heavy atom. The maximum absolute atomic E-state index is 11.0. The van der Waals surface area contributed by atoms with Gasteiger partial charge in [0.05, 0.1) is 0 Å². The molecule has 0 saturated carbocycles. The molecular weight excluding hydrogens is 218 g/mol. The summed E-state index contributed by atoms with van der Waals surface area (Å²) in [5.41, 5.74) is 5.25. The van der Waals surface area contributed by atoms with E-state index in [0.717, 1.165) is 25.7 Å². The highest BCUT2D eigenvalue weighted by molar-refractivity contribution is 5.86. The molecule has 0 spiro atoms. The molecule has 0 fully saturated rings. The maximum Gasteiger partial charge on any atom is 0.243 e. The summed E-state index contributed by atoms with van der Waals surface area (Å²) in [5.74, 6) is -0.107. The summed E-state index contributed by atoms with van der Waals surface area (Å²) in [5, 5.41) is 5.52. The molecule has 98 valence electrons. The molecule has 17 heavy (non-hydrogen) atoms. The number of hydrogen-bond acceptors (Lipinski definition) is 3. The van der Waals surface area contributed by atoms with Gasteiger partial charge in [0, 0.05) is 26.1 Å². The smallest absolute Gasteiger partial charge is 0.243 e. The Bertz CT molecular complexity index is 242. The number of nitrogens with two attached hydrogens (primary N) is 1. The van der Waals surface area contributed by atoms with Crippen molar-refractivity contribution in [2.45, 2.75) is 32.1 Å². The lowest BCUT2D eigenvalue weighted by atomic mass is 10.2. The summed E-state index contributed by atoms with van der Waals surface area (Å²) in [6, 6.07) is 0. The molecule has 0 atom stereocenters. The summed E-state index contributed by atoms with van der Waals surface area (Å²) in [7, 11) is 0. The summed E-state index contributed by atoms with van der Waals surface area (Å²) in [4.78, 5) is 21.8. The predicted octanol–water partition coefficient (Wildman–Crippen LogP) is 0.314. The van der Waals surface area contributed by atoms with Crippen LogP contribution in [0.15, 0.2) is 12.7 Å². The number of carbonyl (C=O) groups excluding carboxylic acids is 2. The molecule has 0 unspecified atom stereocenters. The van der Waals surface area contributed by atoms with Crippen molar-refractivity contribution in [2.24, 2.45) is 5.73 Å². The van der Waals surface area contributed by atoms with Crippen LogP contribution < -0.4 is 16.4 Å². The van der Waals surface area contributed by atoms with Crippen molar-refractivity contribution in [1.29, 1.82) is 0 Å². The van der Waals surface area contributed by atoms with E-state index in [2.05, 4.69) is 17.2 Å². The highest BCUT2D eigenvalue weighted by atomic mass is 16.2. The van der Waals surface area contributed by atoms with Gasteiger partial charge in [0.25, 0.3) is 0 Å². The third kappa shape index (κ3) is 10.9. The summed E-state index contributed by atoms with van der Waals surface area (Å²) in [6.45, 7) is 5.16. The Kier molecular flexibility index (Phi) is 10.2. The van der Waals surface area contributed by atoms with Gasteiger partial charge in [-0.25, -0.2) is 0 Å². The van der Waals surface area contributed by atoms with E-state index in [1.54, 1.807) is 0 Å². The van der Waals surface area contributed by atoms with Gasteiger partial charge in [-0.05, 0) is 18.9 Å². The first kappa shape index (κ1) is 15.6. The van der Waals surface area contributed by atoms with E-state index in [1.165, 1.54) is 6.08 Å². The monoisotopic (exact) mass is 241 g/mol. The highest BCUT2D eigenvalue weighted by Crippen LogP contribution is 1.97. The largest absolute Gasteiger partial charge is 0.356 e. The van der Waals surface area contributed by atoms with Crippen LogP contribution in [0.3, 0.4) is 0 Å². The van der Waals surface area contributed by atoms with Gasteiger partial charge < -0.3 is 16.4 Å². The van der Waals surface area contributed by atoms with Crippen molar-refractivity contribution in [3.05, 3.63) is 12.7 Å². The molecule has 0 radical (unpaired) electrons. The number of rotatable bonds is 10. The molecule has 0 aromatic rings. The molecule has 2 amide bonds. The lowest BCUT2D eigenvalue weighted by Crippen LogP contribution is -2.26. The average Bonchev–Trinajstić information content (AvgIpc) is 2.32. The maximum atomic E-state index is 11.0. The van der Waals surface area contributed by atoms with Crippen LogP contribution in [0.1, 0.15) is 32.1 Å². The summed E-state index contributed by atoms with van der Waals surface area (Å²) in [6.07, 6.45) is 5.68. The zero-order valence-corrected chi connectivity index (χ0v) is 10.3. The summed E-state index contributed by atoms with van der Waals surface area (Å²) < 4.78 is 0. The molecule has 5 nitrogen and oxygen atoms in total. The van der Waals surface area contributed by atoms with E-state index >= 15 is 0 Å². The van der Waals surface area contributed by atoms with E-state index in [9.17, 15) is 9.59 Å². The molecule has 0 bridgehead atoms. The minimum Gasteiger partial charge on any atom is -0.356 e. The van der Waals surface area contributed by atoms with Crippen molar-refractivity contribution < 1.29 is 9.59 Å². The van der Waals surface area contributed by atoms with E-state index in [1.807, 2.05) is 0 Å². The fourth-order valence-electron chi connectivity index (χ4n) is 1.33. The van der Waals surface area contributed by atoms with Crippen LogP contribution >= 0.6 is 0 Å². The van der Waals surface area contributed by atoms with Gasteiger partial charge >= 0.3 is 0 Å². The first-order valence-corrected chi connectivity index (χ1v) is 6.07. The van der Waals surface area contributed by atoms with Gasteiger partial charge in [0.1, 0.15) is 0 Å². The van der Waals surface area contributed by atoms with Crippen molar-refractivity contribution >= 4 is 11.8 Å². The highest BCUT2D eigenvalue weighted by Gasteiger charge is 1.97. The van der Waals surface area contributed by atoms with Crippen LogP contribution in [0.25, 0.3) is 0 Å². The molecule has 4 N–H and O–H groups in total. The SMILES string of the molecule is C=CC(=O)NCCCCCCNC(=O)CCN. The molecular formula is C12H23N3O2. The van der Waals surface area contributed by atoms with Crippen LogP contribution in [0.5, 0.6) is 0 Å². The zero-order valence-electron chi connectivity index (χ0n) is 10.3. The Labute approximate surface area is 103 Å². The van der Waals surface area contributed by atoms with Gasteiger partial charge in [0.2, 0.25) is 11.8 Å². The average molecular weight is 241 g/mol. The standard InChI is InChI=1S/C12H23N3O2/c1-2-11(16)14-9-5-3-4-6-10-15-12(17)7-8-13/h2H,1,3-10,13H2,(H,14,16)(H,15,17). The van der Waals surface area contributed by atoms with E-state index in [0.29, 0.717) is 26.1 Å². The van der Waals surface area contributed by atoms with Crippen LogP contribution in [-0.4, -0.2) is 31.4 Å².